The first-order chi connectivity index (χ1) is 6.60. The molecule has 1 unspecified atom stereocenters. The summed E-state index contributed by atoms with van der Waals surface area (Å²) in [5, 5.41) is 3.02. The molecule has 1 aliphatic heterocycles. The van der Waals surface area contributed by atoms with Crippen LogP contribution in [0.4, 0.5) is 0 Å². The maximum atomic E-state index is 11.9. The Hall–Kier alpha value is -0.610. The summed E-state index contributed by atoms with van der Waals surface area (Å²) in [5.41, 5.74) is -0.567. The van der Waals surface area contributed by atoms with Crippen LogP contribution in [0, 0.1) is 0 Å². The minimum atomic E-state index is -0.567. The standard InChI is InChI=1S/C10H20N2O2/c1-10(5-4-8-14-10)9(13)12(3)7-6-11-2/h11H,4-8H2,1-3H3. The average molecular weight is 200 g/mol. The van der Waals surface area contributed by atoms with E-state index in [2.05, 4.69) is 5.32 Å². The fraction of sp³-hybridized carbons (Fsp3) is 0.900. The van der Waals surface area contributed by atoms with Gasteiger partial charge in [-0.2, -0.15) is 0 Å². The minimum absolute atomic E-state index is 0.102. The Bertz CT molecular complexity index is 200. The van der Waals surface area contributed by atoms with E-state index >= 15 is 0 Å². The highest BCUT2D eigenvalue weighted by molar-refractivity contribution is 5.84. The van der Waals surface area contributed by atoms with Crippen molar-refractivity contribution in [1.82, 2.24) is 10.2 Å². The number of hydrogen-bond acceptors (Lipinski definition) is 3. The topological polar surface area (TPSA) is 41.6 Å². The molecule has 0 spiro atoms. The molecule has 1 saturated heterocycles. The molecular weight excluding hydrogens is 180 g/mol. The van der Waals surface area contributed by atoms with E-state index in [9.17, 15) is 4.79 Å². The zero-order valence-electron chi connectivity index (χ0n) is 9.30. The van der Waals surface area contributed by atoms with Crippen LogP contribution in [-0.2, 0) is 9.53 Å². The van der Waals surface area contributed by atoms with Gasteiger partial charge in [0.15, 0.2) is 0 Å². The number of hydrogen-bond donors (Lipinski definition) is 1. The molecule has 0 aromatic heterocycles. The van der Waals surface area contributed by atoms with E-state index in [-0.39, 0.29) is 5.91 Å². The van der Waals surface area contributed by atoms with Crippen LogP contribution in [0.1, 0.15) is 19.8 Å². The van der Waals surface area contributed by atoms with E-state index in [1.165, 1.54) is 0 Å². The SMILES string of the molecule is CNCCN(C)C(=O)C1(C)CCCO1. The summed E-state index contributed by atoms with van der Waals surface area (Å²) >= 11 is 0. The van der Waals surface area contributed by atoms with E-state index in [1.807, 2.05) is 21.0 Å². The number of nitrogens with one attached hydrogen (secondary N) is 1. The van der Waals surface area contributed by atoms with E-state index < -0.39 is 5.60 Å². The van der Waals surface area contributed by atoms with Crippen LogP contribution in [0.3, 0.4) is 0 Å². The largest absolute Gasteiger partial charge is 0.365 e. The second-order valence-electron chi connectivity index (χ2n) is 4.01. The van der Waals surface area contributed by atoms with Crippen molar-refractivity contribution in [2.24, 2.45) is 0 Å². The highest BCUT2D eigenvalue weighted by atomic mass is 16.5. The normalized spacial score (nSPS) is 26.5. The molecule has 0 aromatic rings. The van der Waals surface area contributed by atoms with Crippen molar-refractivity contribution in [2.75, 3.05) is 33.8 Å². The predicted molar refractivity (Wildman–Crippen MR) is 55.2 cm³/mol. The van der Waals surface area contributed by atoms with Crippen LogP contribution in [0.5, 0.6) is 0 Å². The third-order valence-electron chi connectivity index (χ3n) is 2.72. The Morgan fingerprint density at radius 2 is 2.36 bits per heavy atom. The van der Waals surface area contributed by atoms with E-state index in [0.717, 1.165) is 25.9 Å². The number of nitrogens with zero attached hydrogens (tertiary/aromatic N) is 1. The number of carbonyl (C=O) groups is 1. The molecule has 82 valence electrons. The molecule has 1 atom stereocenters. The summed E-state index contributed by atoms with van der Waals surface area (Å²) in [4.78, 5) is 13.7. The summed E-state index contributed by atoms with van der Waals surface area (Å²) in [6.45, 7) is 4.15. The molecular formula is C10H20N2O2. The van der Waals surface area contributed by atoms with Gasteiger partial charge in [-0.25, -0.2) is 0 Å². The van der Waals surface area contributed by atoms with Crippen LogP contribution in [0.2, 0.25) is 0 Å². The smallest absolute Gasteiger partial charge is 0.254 e. The van der Waals surface area contributed by atoms with E-state index in [4.69, 9.17) is 4.74 Å². The molecule has 1 heterocycles. The van der Waals surface area contributed by atoms with Crippen molar-refractivity contribution in [3.05, 3.63) is 0 Å². The highest BCUT2D eigenvalue weighted by Gasteiger charge is 2.39. The molecule has 1 rings (SSSR count). The van der Waals surface area contributed by atoms with Crippen molar-refractivity contribution < 1.29 is 9.53 Å². The first-order valence-corrected chi connectivity index (χ1v) is 5.14. The van der Waals surface area contributed by atoms with Crippen LogP contribution in [0.25, 0.3) is 0 Å². The number of ether oxygens (including phenoxy) is 1. The minimum Gasteiger partial charge on any atom is -0.365 e. The van der Waals surface area contributed by atoms with Gasteiger partial charge in [-0.05, 0) is 26.8 Å². The molecule has 1 amide bonds. The Balaban J connectivity index is 2.46. The zero-order chi connectivity index (χ0) is 10.6. The van der Waals surface area contributed by atoms with Gasteiger partial charge >= 0.3 is 0 Å². The molecule has 14 heavy (non-hydrogen) atoms. The summed E-state index contributed by atoms with van der Waals surface area (Å²) in [5.74, 6) is 0.102. The monoisotopic (exact) mass is 200 g/mol. The lowest BCUT2D eigenvalue weighted by Gasteiger charge is -2.28. The second kappa shape index (κ2) is 4.75. The van der Waals surface area contributed by atoms with Crippen molar-refractivity contribution >= 4 is 5.91 Å². The van der Waals surface area contributed by atoms with Gasteiger partial charge in [0.2, 0.25) is 0 Å². The zero-order valence-corrected chi connectivity index (χ0v) is 9.30. The number of likely N-dealkylation sites (N-methyl/N-ethyl adjacent to an activating group) is 2. The predicted octanol–water partition coefficient (Wildman–Crippen LogP) is 0.233. The molecule has 1 fully saturated rings. The number of rotatable bonds is 4. The van der Waals surface area contributed by atoms with Gasteiger partial charge in [-0.15, -0.1) is 0 Å². The third kappa shape index (κ3) is 2.45. The van der Waals surface area contributed by atoms with Crippen molar-refractivity contribution in [3.63, 3.8) is 0 Å². The molecule has 4 heteroatoms. The third-order valence-corrected chi connectivity index (χ3v) is 2.72. The van der Waals surface area contributed by atoms with Crippen LogP contribution < -0.4 is 5.32 Å². The number of amides is 1. The first kappa shape index (κ1) is 11.5. The lowest BCUT2D eigenvalue weighted by molar-refractivity contribution is -0.149. The average Bonchev–Trinajstić information content (AvgIpc) is 2.61. The molecule has 0 aliphatic carbocycles. The maximum Gasteiger partial charge on any atom is 0.254 e. The Morgan fingerprint density at radius 3 is 2.86 bits per heavy atom. The molecule has 4 nitrogen and oxygen atoms in total. The molecule has 0 bridgehead atoms. The van der Waals surface area contributed by atoms with E-state index in [0.29, 0.717) is 6.61 Å². The van der Waals surface area contributed by atoms with Gasteiger partial charge in [0.25, 0.3) is 5.91 Å². The Labute approximate surface area is 85.6 Å². The summed E-state index contributed by atoms with van der Waals surface area (Å²) in [6.07, 6.45) is 1.83. The molecule has 1 aliphatic rings. The molecule has 0 radical (unpaired) electrons. The highest BCUT2D eigenvalue weighted by Crippen LogP contribution is 2.26. The first-order valence-electron chi connectivity index (χ1n) is 5.14. The van der Waals surface area contributed by atoms with Crippen LogP contribution in [0.15, 0.2) is 0 Å². The lowest BCUT2D eigenvalue weighted by Crippen LogP contribution is -2.46. The van der Waals surface area contributed by atoms with Crippen LogP contribution >= 0.6 is 0 Å². The van der Waals surface area contributed by atoms with Gasteiger partial charge in [0, 0.05) is 26.7 Å². The summed E-state index contributed by atoms with van der Waals surface area (Å²) < 4.78 is 5.49. The Kier molecular flexibility index (Phi) is 3.89. The van der Waals surface area contributed by atoms with Gasteiger partial charge in [-0.1, -0.05) is 0 Å². The fourth-order valence-corrected chi connectivity index (χ4v) is 1.73. The molecule has 1 N–H and O–H groups in total. The van der Waals surface area contributed by atoms with Gasteiger partial charge < -0.3 is 15.0 Å². The van der Waals surface area contributed by atoms with E-state index in [1.54, 1.807) is 4.90 Å². The van der Waals surface area contributed by atoms with Gasteiger partial charge in [-0.3, -0.25) is 4.79 Å². The van der Waals surface area contributed by atoms with Crippen LogP contribution in [-0.4, -0.2) is 50.2 Å². The summed E-state index contributed by atoms with van der Waals surface area (Å²) in [7, 11) is 3.71. The van der Waals surface area contributed by atoms with Gasteiger partial charge in [0.05, 0.1) is 0 Å². The summed E-state index contributed by atoms with van der Waals surface area (Å²) in [6, 6.07) is 0. The maximum absolute atomic E-state index is 11.9. The Morgan fingerprint density at radius 1 is 1.64 bits per heavy atom. The quantitative estimate of drug-likeness (QED) is 0.706. The fourth-order valence-electron chi connectivity index (χ4n) is 1.73. The molecule has 0 aromatic carbocycles. The van der Waals surface area contributed by atoms with Gasteiger partial charge in [0.1, 0.15) is 5.60 Å². The van der Waals surface area contributed by atoms with Crippen molar-refractivity contribution in [3.8, 4) is 0 Å². The second-order valence-corrected chi connectivity index (χ2v) is 4.01. The lowest BCUT2D eigenvalue weighted by atomic mass is 10.0. The molecule has 0 saturated carbocycles. The number of carbonyl (C=O) groups excluding carboxylic acids is 1. The van der Waals surface area contributed by atoms with Crippen molar-refractivity contribution in [1.29, 1.82) is 0 Å². The van der Waals surface area contributed by atoms with Crippen molar-refractivity contribution in [2.45, 2.75) is 25.4 Å².